The van der Waals surface area contributed by atoms with Crippen LogP contribution in [0.3, 0.4) is 0 Å². The fourth-order valence-electron chi connectivity index (χ4n) is 7.41. The van der Waals surface area contributed by atoms with Gasteiger partial charge in [0, 0.05) is 51.5 Å². The highest BCUT2D eigenvalue weighted by Gasteiger charge is 2.74. The second-order valence-electron chi connectivity index (χ2n) is 12.3. The number of ether oxygens (including phenoxy) is 2. The molecule has 2 aliphatic heterocycles. The number of halogens is 3. The average Bonchev–Trinajstić information content (AvgIpc) is 3.40. The van der Waals surface area contributed by atoms with Gasteiger partial charge < -0.3 is 19.1 Å². The van der Waals surface area contributed by atoms with Gasteiger partial charge in [-0.2, -0.15) is 0 Å². The number of benzene rings is 2. The minimum Gasteiger partial charge on any atom is -0.505 e. The molecule has 2 aromatic carbocycles. The number of amides is 2. The number of phenolic OH excluding ortho intramolecular Hbond substituents is 1. The molecule has 2 fully saturated rings. The molecule has 49 heavy (non-hydrogen) atoms. The number of phenols is 1. The van der Waals surface area contributed by atoms with Gasteiger partial charge in [-0.25, -0.2) is 32.9 Å². The van der Waals surface area contributed by atoms with Gasteiger partial charge in [0.25, 0.3) is 17.4 Å². The molecule has 1 N–H and O–H groups in total. The van der Waals surface area contributed by atoms with E-state index in [1.807, 2.05) is 0 Å². The number of aryl methyl sites for hydroxylation is 2. The largest absolute Gasteiger partial charge is 0.505 e. The van der Waals surface area contributed by atoms with E-state index in [1.165, 1.54) is 41.3 Å². The zero-order chi connectivity index (χ0) is 35.3. The summed E-state index contributed by atoms with van der Waals surface area (Å²) in [5, 5.41) is 9.87. The van der Waals surface area contributed by atoms with Gasteiger partial charge >= 0.3 is 11.4 Å². The molecule has 1 aliphatic carbocycles. The molecule has 2 aromatic heterocycles. The average molecular weight is 716 g/mol. The van der Waals surface area contributed by atoms with Crippen molar-refractivity contribution in [3.63, 3.8) is 0 Å². The van der Waals surface area contributed by atoms with E-state index in [4.69, 9.17) is 32.7 Å². The Kier molecular flexibility index (Phi) is 7.37. The molecule has 1 saturated heterocycles. The van der Waals surface area contributed by atoms with Crippen LogP contribution in [0.5, 0.6) is 17.2 Å². The first-order chi connectivity index (χ1) is 23.2. The highest BCUT2D eigenvalue weighted by molar-refractivity contribution is 6.53. The number of carbonyl (C=O) groups excluding carboxylic acids is 2. The molecule has 0 bridgehead atoms. The van der Waals surface area contributed by atoms with Crippen molar-refractivity contribution in [2.45, 2.75) is 47.6 Å². The Labute approximate surface area is 286 Å². The number of alkyl halides is 2. The van der Waals surface area contributed by atoms with Crippen LogP contribution in [0.2, 0.25) is 0 Å². The maximum Gasteiger partial charge on any atom is 0.347 e. The topological polar surface area (TPSA) is 160 Å². The van der Waals surface area contributed by atoms with E-state index in [9.17, 15) is 33.5 Å². The molecule has 14 nitrogen and oxygen atoms in total. The molecule has 4 aromatic rings. The molecule has 7 rings (SSSR count). The number of nitrogens with zero attached hydrogens (tertiary/aromatic N) is 6. The van der Waals surface area contributed by atoms with Crippen LogP contribution in [0.15, 0.2) is 56.4 Å². The fraction of sp³-hybridized carbons (Fsp3) is 0.375. The Morgan fingerprint density at radius 3 is 2.37 bits per heavy atom. The summed E-state index contributed by atoms with van der Waals surface area (Å²) in [6.07, 6.45) is 1.19. The fourth-order valence-corrected chi connectivity index (χ4v) is 8.41. The summed E-state index contributed by atoms with van der Waals surface area (Å²) < 4.78 is 30.1. The number of allylic oxidation sites excluding steroid dienone is 2. The lowest BCUT2D eigenvalue weighted by Crippen LogP contribution is -2.59. The predicted molar refractivity (Wildman–Crippen MR) is 174 cm³/mol. The van der Waals surface area contributed by atoms with Crippen LogP contribution < -0.4 is 26.4 Å². The van der Waals surface area contributed by atoms with Crippen molar-refractivity contribution < 1.29 is 28.6 Å². The molecular weight excluding hydrogens is 686 g/mol. The summed E-state index contributed by atoms with van der Waals surface area (Å²) in [6, 6.07) is 5.65. The first-order valence-electron chi connectivity index (χ1n) is 15.1. The zero-order valence-electron chi connectivity index (χ0n) is 26.6. The predicted octanol–water partition coefficient (Wildman–Crippen LogP) is 1.79. The second kappa shape index (κ2) is 11.1. The third-order valence-corrected chi connectivity index (χ3v) is 11.3. The minimum absolute atomic E-state index is 0.0848. The van der Waals surface area contributed by atoms with E-state index in [1.54, 1.807) is 25.3 Å². The highest BCUT2D eigenvalue weighted by Crippen LogP contribution is 2.63. The van der Waals surface area contributed by atoms with Gasteiger partial charge in [-0.05, 0) is 23.3 Å². The summed E-state index contributed by atoms with van der Waals surface area (Å²) in [4.78, 5) is 69.3. The SMILES string of the molecule is COc1cc2nc(CCn3c(=O)n4n(c3=O)[C@@H]3C[C@@]5(Cl)C(=O)N(C)C(=O)[C@@]5(Cl)[C@@H](c5ccc(O)c(F)c5)C3=CC4)c(=O)n(C)c2cc1OC. The number of likely N-dealkylation sites (tertiary alicyclic amines) is 1. The van der Waals surface area contributed by atoms with Crippen LogP contribution in [-0.2, 0) is 36.1 Å². The van der Waals surface area contributed by atoms with Crippen molar-refractivity contribution in [2.75, 3.05) is 21.3 Å². The summed E-state index contributed by atoms with van der Waals surface area (Å²) >= 11 is 14.1. The summed E-state index contributed by atoms with van der Waals surface area (Å²) in [7, 11) is 5.74. The quantitative estimate of drug-likeness (QED) is 0.178. The van der Waals surface area contributed by atoms with Crippen molar-refractivity contribution in [2.24, 2.45) is 7.05 Å². The van der Waals surface area contributed by atoms with Gasteiger partial charge in [0.15, 0.2) is 32.8 Å². The number of aromatic hydroxyl groups is 1. The maximum absolute atomic E-state index is 14.7. The summed E-state index contributed by atoms with van der Waals surface area (Å²) in [6.45, 7) is -0.339. The number of rotatable bonds is 6. The highest BCUT2D eigenvalue weighted by atomic mass is 35.5. The van der Waals surface area contributed by atoms with Crippen LogP contribution >= 0.6 is 23.2 Å². The van der Waals surface area contributed by atoms with Crippen LogP contribution in [0.4, 0.5) is 4.39 Å². The molecule has 0 radical (unpaired) electrons. The first-order valence-corrected chi connectivity index (χ1v) is 15.9. The molecule has 2 amide bonds. The van der Waals surface area contributed by atoms with Gasteiger partial charge in [-0.15, -0.1) is 23.2 Å². The molecule has 4 heterocycles. The Morgan fingerprint density at radius 2 is 1.69 bits per heavy atom. The molecule has 4 atom stereocenters. The molecular formula is C32H29Cl2FN6O8. The summed E-state index contributed by atoms with van der Waals surface area (Å²) in [5.74, 6) is -3.66. The molecule has 0 unspecified atom stereocenters. The van der Waals surface area contributed by atoms with Crippen molar-refractivity contribution >= 4 is 46.0 Å². The zero-order valence-corrected chi connectivity index (χ0v) is 28.1. The Morgan fingerprint density at radius 1 is 1.00 bits per heavy atom. The third kappa shape index (κ3) is 4.30. The lowest BCUT2D eigenvalue weighted by Gasteiger charge is -2.49. The number of carbonyl (C=O) groups is 2. The standard InChI is InChI=1S/C32H29Cl2FN6O8/c1-37-20-13-24(49-4)23(48-3)12-19(20)36-18(26(37)43)8-9-39-29(46)40-10-7-16-21(41(40)30(39)47)14-31(33)27(44)38(2)28(45)32(31,34)25(16)15-5-6-22(42)17(35)11-15/h5-7,11-13,21,25,42H,8-10,14H2,1-4H3/t21-,25+,31-,32+/m1/s1. The molecule has 3 aliphatic rings. The van der Waals surface area contributed by atoms with Crippen molar-refractivity contribution in [1.29, 1.82) is 0 Å². The molecule has 17 heteroatoms. The molecule has 256 valence electrons. The van der Waals surface area contributed by atoms with Crippen LogP contribution in [0, 0.1) is 5.82 Å². The van der Waals surface area contributed by atoms with E-state index in [0.717, 1.165) is 21.6 Å². The van der Waals surface area contributed by atoms with Gasteiger partial charge in [0.1, 0.15) is 5.69 Å². The Balaban J connectivity index is 1.31. The van der Waals surface area contributed by atoms with E-state index in [2.05, 4.69) is 4.98 Å². The Hall–Kier alpha value is -4.89. The third-order valence-electron chi connectivity index (χ3n) is 9.89. The maximum atomic E-state index is 14.7. The first kappa shape index (κ1) is 32.6. The van der Waals surface area contributed by atoms with Crippen molar-refractivity contribution in [3.05, 3.63) is 90.4 Å². The van der Waals surface area contributed by atoms with Gasteiger partial charge in [0.05, 0.1) is 37.8 Å². The van der Waals surface area contributed by atoms with E-state index < -0.39 is 62.0 Å². The van der Waals surface area contributed by atoms with Crippen LogP contribution in [0.25, 0.3) is 11.0 Å². The van der Waals surface area contributed by atoms with Crippen LogP contribution in [0.1, 0.15) is 29.6 Å². The number of fused-ring (bicyclic) bond motifs is 5. The number of hydrogen-bond donors (Lipinski definition) is 1. The summed E-state index contributed by atoms with van der Waals surface area (Å²) in [5.41, 5.74) is -0.355. The van der Waals surface area contributed by atoms with E-state index >= 15 is 0 Å². The van der Waals surface area contributed by atoms with E-state index in [0.29, 0.717) is 28.1 Å². The van der Waals surface area contributed by atoms with Gasteiger partial charge in [0.2, 0.25) is 0 Å². The number of hydrogen-bond acceptors (Lipinski definition) is 9. The second-order valence-corrected chi connectivity index (χ2v) is 13.5. The molecule has 1 saturated carbocycles. The minimum atomic E-state index is -2.12. The van der Waals surface area contributed by atoms with E-state index in [-0.39, 0.29) is 37.2 Å². The van der Waals surface area contributed by atoms with Crippen molar-refractivity contribution in [3.8, 4) is 17.2 Å². The smallest absolute Gasteiger partial charge is 0.347 e. The van der Waals surface area contributed by atoms with Crippen molar-refractivity contribution in [1.82, 2.24) is 28.4 Å². The molecule has 0 spiro atoms. The lowest BCUT2D eigenvalue weighted by atomic mass is 9.64. The number of imide groups is 1. The van der Waals surface area contributed by atoms with Gasteiger partial charge in [-0.1, -0.05) is 12.1 Å². The Bertz CT molecular complexity index is 2350. The number of methoxy groups -OCH3 is 2. The van der Waals surface area contributed by atoms with Gasteiger partial charge in [-0.3, -0.25) is 19.3 Å². The van der Waals surface area contributed by atoms with Crippen LogP contribution in [-0.4, -0.2) is 76.3 Å². The lowest BCUT2D eigenvalue weighted by molar-refractivity contribution is -0.137. The normalized spacial score (nSPS) is 24.5. The monoisotopic (exact) mass is 714 g/mol. The number of aromatic nitrogens is 5.